The average molecular weight is 408 g/mol. The van der Waals surface area contributed by atoms with Crippen molar-refractivity contribution in [3.05, 3.63) is 101 Å². The molecule has 0 saturated heterocycles. The van der Waals surface area contributed by atoms with Gasteiger partial charge in [0.15, 0.2) is 0 Å². The summed E-state index contributed by atoms with van der Waals surface area (Å²) in [6, 6.07) is 22.9. The summed E-state index contributed by atoms with van der Waals surface area (Å²) in [6.07, 6.45) is 0. The van der Waals surface area contributed by atoms with Crippen LogP contribution in [0.5, 0.6) is 0 Å². The van der Waals surface area contributed by atoms with Crippen LogP contribution in [-0.4, -0.2) is 8.42 Å². The van der Waals surface area contributed by atoms with Crippen LogP contribution in [0.4, 0.5) is 0 Å². The lowest BCUT2D eigenvalue weighted by atomic mass is 9.85. The van der Waals surface area contributed by atoms with Crippen LogP contribution in [0.3, 0.4) is 0 Å². The molecular formula is C25H29NO2S. The first-order chi connectivity index (χ1) is 13.6. The summed E-state index contributed by atoms with van der Waals surface area (Å²) in [5.41, 5.74) is 4.44. The molecule has 0 atom stereocenters. The molecule has 0 aromatic heterocycles. The third-order valence-electron chi connectivity index (χ3n) is 5.13. The highest BCUT2D eigenvalue weighted by Crippen LogP contribution is 2.31. The fraction of sp³-hybridized carbons (Fsp3) is 0.280. The number of benzene rings is 3. The molecule has 0 unspecified atom stereocenters. The van der Waals surface area contributed by atoms with Gasteiger partial charge in [-0.3, -0.25) is 0 Å². The van der Waals surface area contributed by atoms with E-state index in [0.29, 0.717) is 4.90 Å². The molecule has 3 rings (SSSR count). The fourth-order valence-electron chi connectivity index (χ4n) is 3.64. The van der Waals surface area contributed by atoms with E-state index in [1.54, 1.807) is 0 Å². The summed E-state index contributed by atoms with van der Waals surface area (Å²) >= 11 is 0. The Labute approximate surface area is 174 Å². The van der Waals surface area contributed by atoms with Crippen LogP contribution in [0.25, 0.3) is 0 Å². The zero-order valence-corrected chi connectivity index (χ0v) is 18.5. The van der Waals surface area contributed by atoms with Crippen molar-refractivity contribution < 1.29 is 8.42 Å². The Balaban J connectivity index is 2.07. The normalized spacial score (nSPS) is 12.3. The first-order valence-corrected chi connectivity index (χ1v) is 11.3. The Bertz CT molecular complexity index is 1020. The molecule has 0 aliphatic heterocycles. The third kappa shape index (κ3) is 4.77. The van der Waals surface area contributed by atoms with Crippen LogP contribution < -0.4 is 4.72 Å². The second-order valence-electron chi connectivity index (χ2n) is 8.56. The van der Waals surface area contributed by atoms with Gasteiger partial charge in [-0.25, -0.2) is 8.42 Å². The number of hydrogen-bond donors (Lipinski definition) is 1. The predicted molar refractivity (Wildman–Crippen MR) is 120 cm³/mol. The molecule has 0 saturated carbocycles. The van der Waals surface area contributed by atoms with Gasteiger partial charge < -0.3 is 0 Å². The summed E-state index contributed by atoms with van der Waals surface area (Å²) in [5.74, 6) is 0. The van der Waals surface area contributed by atoms with E-state index < -0.39 is 16.1 Å². The minimum atomic E-state index is -3.73. The maximum absolute atomic E-state index is 13.5. The molecule has 0 amide bonds. The molecule has 0 radical (unpaired) electrons. The number of sulfonamides is 1. The molecule has 4 heteroatoms. The highest BCUT2D eigenvalue weighted by molar-refractivity contribution is 7.89. The Hall–Kier alpha value is -2.43. The molecule has 3 nitrogen and oxygen atoms in total. The van der Waals surface area contributed by atoms with Crippen LogP contribution in [0, 0.1) is 13.8 Å². The highest BCUT2D eigenvalue weighted by Gasteiger charge is 2.27. The van der Waals surface area contributed by atoms with Crippen molar-refractivity contribution in [1.82, 2.24) is 4.72 Å². The summed E-state index contributed by atoms with van der Waals surface area (Å²) in [5, 5.41) is 0. The molecule has 152 valence electrons. The molecule has 29 heavy (non-hydrogen) atoms. The molecular weight excluding hydrogens is 378 g/mol. The van der Waals surface area contributed by atoms with Crippen LogP contribution in [0.1, 0.15) is 54.6 Å². The van der Waals surface area contributed by atoms with E-state index in [9.17, 15) is 8.42 Å². The van der Waals surface area contributed by atoms with E-state index in [2.05, 4.69) is 25.5 Å². The number of nitrogens with one attached hydrogen (secondary N) is 1. The number of aryl methyl sites for hydroxylation is 2. The van der Waals surface area contributed by atoms with Crippen molar-refractivity contribution in [2.75, 3.05) is 0 Å². The zero-order valence-electron chi connectivity index (χ0n) is 17.7. The van der Waals surface area contributed by atoms with Gasteiger partial charge in [0.05, 0.1) is 10.9 Å². The van der Waals surface area contributed by atoms with Crippen LogP contribution in [0.2, 0.25) is 0 Å². The SMILES string of the molecule is Cc1cc(C(C)(C)C)cc(C)c1S(=O)(=O)NC(c1ccccc1)c1ccccc1. The monoisotopic (exact) mass is 407 g/mol. The second-order valence-corrected chi connectivity index (χ2v) is 10.2. The topological polar surface area (TPSA) is 46.2 Å². The maximum atomic E-state index is 13.5. The minimum absolute atomic E-state index is 0.0398. The van der Waals surface area contributed by atoms with Crippen molar-refractivity contribution in [3.8, 4) is 0 Å². The molecule has 3 aromatic rings. The van der Waals surface area contributed by atoms with Crippen LogP contribution in [-0.2, 0) is 15.4 Å². The van der Waals surface area contributed by atoms with Gasteiger partial charge >= 0.3 is 0 Å². The minimum Gasteiger partial charge on any atom is -0.207 e. The van der Waals surface area contributed by atoms with Gasteiger partial charge in [0.25, 0.3) is 0 Å². The summed E-state index contributed by atoms with van der Waals surface area (Å²) in [6.45, 7) is 10.1. The molecule has 0 aliphatic rings. The molecule has 1 N–H and O–H groups in total. The smallest absolute Gasteiger partial charge is 0.207 e. The summed E-state index contributed by atoms with van der Waals surface area (Å²) in [7, 11) is -3.73. The Morgan fingerprint density at radius 3 is 1.55 bits per heavy atom. The lowest BCUT2D eigenvalue weighted by Crippen LogP contribution is -2.30. The van der Waals surface area contributed by atoms with Crippen molar-refractivity contribution >= 4 is 10.0 Å². The lowest BCUT2D eigenvalue weighted by molar-refractivity contribution is 0.568. The second kappa shape index (κ2) is 8.13. The van der Waals surface area contributed by atoms with E-state index in [-0.39, 0.29) is 5.41 Å². The molecule has 0 bridgehead atoms. The molecule has 0 fully saturated rings. The first-order valence-electron chi connectivity index (χ1n) is 9.83. The lowest BCUT2D eigenvalue weighted by Gasteiger charge is -2.24. The fourth-order valence-corrected chi connectivity index (χ4v) is 5.31. The average Bonchev–Trinajstić information content (AvgIpc) is 2.66. The Morgan fingerprint density at radius 1 is 0.759 bits per heavy atom. The quantitative estimate of drug-likeness (QED) is 0.592. The van der Waals surface area contributed by atoms with Gasteiger partial charge in [-0.2, -0.15) is 4.72 Å². The standard InChI is InChI=1S/C25H29NO2S/c1-18-16-22(25(3,4)5)17-19(2)24(18)29(27,28)26-23(20-12-8-6-9-13-20)21-14-10-7-11-15-21/h6-17,23,26H,1-5H3. The molecule has 0 heterocycles. The van der Waals surface area contributed by atoms with Crippen LogP contribution in [0.15, 0.2) is 77.7 Å². The Morgan fingerprint density at radius 2 is 1.17 bits per heavy atom. The van der Waals surface area contributed by atoms with Gasteiger partial charge in [-0.1, -0.05) is 93.6 Å². The summed E-state index contributed by atoms with van der Waals surface area (Å²) < 4.78 is 29.9. The van der Waals surface area contributed by atoms with Crippen molar-refractivity contribution in [3.63, 3.8) is 0 Å². The molecule has 0 aliphatic carbocycles. The van der Waals surface area contributed by atoms with Gasteiger partial charge in [-0.05, 0) is 47.1 Å². The van der Waals surface area contributed by atoms with E-state index in [4.69, 9.17) is 0 Å². The van der Waals surface area contributed by atoms with Gasteiger partial charge in [0.1, 0.15) is 0 Å². The van der Waals surface area contributed by atoms with Gasteiger partial charge in [-0.15, -0.1) is 0 Å². The van der Waals surface area contributed by atoms with Crippen molar-refractivity contribution in [2.45, 2.75) is 51.0 Å². The van der Waals surface area contributed by atoms with Gasteiger partial charge in [0.2, 0.25) is 10.0 Å². The van der Waals surface area contributed by atoms with Crippen LogP contribution >= 0.6 is 0 Å². The highest BCUT2D eigenvalue weighted by atomic mass is 32.2. The first kappa shape index (κ1) is 21.3. The zero-order chi connectivity index (χ0) is 21.2. The third-order valence-corrected chi connectivity index (χ3v) is 6.86. The van der Waals surface area contributed by atoms with E-state index in [0.717, 1.165) is 27.8 Å². The Kier molecular flexibility index (Phi) is 5.97. The largest absolute Gasteiger partial charge is 0.241 e. The van der Waals surface area contributed by atoms with Crippen molar-refractivity contribution in [2.24, 2.45) is 0 Å². The van der Waals surface area contributed by atoms with Gasteiger partial charge in [0, 0.05) is 0 Å². The molecule has 0 spiro atoms. The number of hydrogen-bond acceptors (Lipinski definition) is 2. The maximum Gasteiger partial charge on any atom is 0.241 e. The van der Waals surface area contributed by atoms with E-state index in [1.165, 1.54) is 0 Å². The molecule has 3 aromatic carbocycles. The van der Waals surface area contributed by atoms with E-state index >= 15 is 0 Å². The van der Waals surface area contributed by atoms with E-state index in [1.807, 2.05) is 86.6 Å². The predicted octanol–water partition coefficient (Wildman–Crippen LogP) is 5.67. The number of rotatable bonds is 5. The van der Waals surface area contributed by atoms with Crippen molar-refractivity contribution in [1.29, 1.82) is 0 Å². The summed E-state index contributed by atoms with van der Waals surface area (Å²) in [4.78, 5) is 0.363.